The molecule has 0 unspecified atom stereocenters. The SMILES string of the molecule is S=c1[nH]ccn1C1CCCCC1. The van der Waals surface area contributed by atoms with Crippen molar-refractivity contribution in [3.8, 4) is 0 Å². The third-order valence-electron chi connectivity index (χ3n) is 2.64. The number of nitrogens with one attached hydrogen (secondary N) is 1. The van der Waals surface area contributed by atoms with Gasteiger partial charge in [-0.25, -0.2) is 0 Å². The van der Waals surface area contributed by atoms with E-state index in [-0.39, 0.29) is 0 Å². The zero-order valence-electron chi connectivity index (χ0n) is 7.12. The Morgan fingerprint density at radius 2 is 2.08 bits per heavy atom. The van der Waals surface area contributed by atoms with Crippen LogP contribution >= 0.6 is 12.2 Å². The lowest BCUT2D eigenvalue weighted by Gasteiger charge is -2.22. The van der Waals surface area contributed by atoms with Crippen LogP contribution in [0.3, 0.4) is 0 Å². The Morgan fingerprint density at radius 1 is 1.33 bits per heavy atom. The molecule has 1 fully saturated rings. The lowest BCUT2D eigenvalue weighted by molar-refractivity contribution is 0.350. The number of hydrogen-bond donors (Lipinski definition) is 1. The number of rotatable bonds is 1. The summed E-state index contributed by atoms with van der Waals surface area (Å²) in [6, 6.07) is 0.664. The lowest BCUT2D eigenvalue weighted by atomic mass is 9.95. The van der Waals surface area contributed by atoms with Crippen LogP contribution in [0.5, 0.6) is 0 Å². The van der Waals surface area contributed by atoms with Crippen LogP contribution in [0.1, 0.15) is 38.1 Å². The van der Waals surface area contributed by atoms with Crippen molar-refractivity contribution in [3.05, 3.63) is 17.2 Å². The molecule has 3 heteroatoms. The van der Waals surface area contributed by atoms with Gasteiger partial charge >= 0.3 is 0 Å². The van der Waals surface area contributed by atoms with E-state index in [1.54, 1.807) is 0 Å². The topological polar surface area (TPSA) is 20.7 Å². The first-order chi connectivity index (χ1) is 5.88. The van der Waals surface area contributed by atoms with Crippen molar-refractivity contribution in [2.45, 2.75) is 38.1 Å². The van der Waals surface area contributed by atoms with Gasteiger partial charge in [-0.3, -0.25) is 0 Å². The Bertz CT molecular complexity index is 293. The van der Waals surface area contributed by atoms with Crippen molar-refractivity contribution < 1.29 is 0 Å². The van der Waals surface area contributed by atoms with E-state index in [9.17, 15) is 0 Å². The van der Waals surface area contributed by atoms with Gasteiger partial charge in [-0.05, 0) is 25.1 Å². The van der Waals surface area contributed by atoms with Gasteiger partial charge in [0, 0.05) is 18.4 Å². The minimum Gasteiger partial charge on any atom is -0.337 e. The van der Waals surface area contributed by atoms with Crippen LogP contribution in [0.15, 0.2) is 12.4 Å². The monoisotopic (exact) mass is 182 g/mol. The summed E-state index contributed by atoms with van der Waals surface area (Å²) >= 11 is 5.17. The number of aromatic nitrogens is 2. The highest BCUT2D eigenvalue weighted by molar-refractivity contribution is 7.71. The van der Waals surface area contributed by atoms with Gasteiger partial charge in [0.15, 0.2) is 4.77 Å². The second-order valence-corrected chi connectivity index (χ2v) is 3.85. The molecule has 0 aromatic carbocycles. The predicted molar refractivity (Wildman–Crippen MR) is 51.7 cm³/mol. The van der Waals surface area contributed by atoms with Gasteiger partial charge in [0.05, 0.1) is 0 Å². The maximum absolute atomic E-state index is 5.17. The Balaban J connectivity index is 2.18. The minimum atomic E-state index is 0.664. The fourth-order valence-electron chi connectivity index (χ4n) is 1.98. The summed E-state index contributed by atoms with van der Waals surface area (Å²) in [4.78, 5) is 3.04. The van der Waals surface area contributed by atoms with Crippen LogP contribution < -0.4 is 0 Å². The van der Waals surface area contributed by atoms with Crippen molar-refractivity contribution >= 4 is 12.2 Å². The smallest absolute Gasteiger partial charge is 0.177 e. The summed E-state index contributed by atoms with van der Waals surface area (Å²) in [6.07, 6.45) is 10.7. The molecule has 1 aliphatic rings. The first-order valence-corrected chi connectivity index (χ1v) is 5.04. The molecule has 66 valence electrons. The fraction of sp³-hybridized carbons (Fsp3) is 0.667. The number of nitrogens with zero attached hydrogens (tertiary/aromatic N) is 1. The Morgan fingerprint density at radius 3 is 2.67 bits per heavy atom. The molecule has 0 atom stereocenters. The molecule has 2 nitrogen and oxygen atoms in total. The quantitative estimate of drug-likeness (QED) is 0.662. The first-order valence-electron chi connectivity index (χ1n) is 4.63. The molecule has 1 aromatic heterocycles. The molecule has 1 aliphatic carbocycles. The third-order valence-corrected chi connectivity index (χ3v) is 2.97. The summed E-state index contributed by atoms with van der Waals surface area (Å²) in [5.74, 6) is 0. The van der Waals surface area contributed by atoms with Crippen molar-refractivity contribution in [2.24, 2.45) is 0 Å². The highest BCUT2D eigenvalue weighted by Gasteiger charge is 2.14. The maximum atomic E-state index is 5.17. The van der Waals surface area contributed by atoms with E-state index in [2.05, 4.69) is 15.7 Å². The summed E-state index contributed by atoms with van der Waals surface area (Å²) < 4.78 is 3.08. The zero-order valence-corrected chi connectivity index (χ0v) is 7.94. The molecule has 0 saturated heterocycles. The predicted octanol–water partition coefficient (Wildman–Crippen LogP) is 3.05. The van der Waals surface area contributed by atoms with E-state index in [1.165, 1.54) is 32.1 Å². The van der Waals surface area contributed by atoms with Gasteiger partial charge in [0.1, 0.15) is 0 Å². The van der Waals surface area contributed by atoms with Crippen LogP contribution in [-0.4, -0.2) is 9.55 Å². The van der Waals surface area contributed by atoms with E-state index < -0.39 is 0 Å². The third kappa shape index (κ3) is 1.46. The Kier molecular flexibility index (Phi) is 2.30. The molecule has 0 bridgehead atoms. The number of imidazole rings is 1. The van der Waals surface area contributed by atoms with Crippen molar-refractivity contribution in [1.82, 2.24) is 9.55 Å². The van der Waals surface area contributed by atoms with Crippen LogP contribution in [0.25, 0.3) is 0 Å². The molecular formula is C9H14N2S. The summed E-state index contributed by atoms with van der Waals surface area (Å²) in [5, 5.41) is 0. The number of hydrogen-bond acceptors (Lipinski definition) is 1. The highest BCUT2D eigenvalue weighted by Crippen LogP contribution is 2.27. The van der Waals surface area contributed by atoms with Crippen molar-refractivity contribution in [1.29, 1.82) is 0 Å². The Labute approximate surface area is 77.6 Å². The number of H-pyrrole nitrogens is 1. The van der Waals surface area contributed by atoms with Crippen LogP contribution in [0.2, 0.25) is 0 Å². The van der Waals surface area contributed by atoms with E-state index in [4.69, 9.17) is 12.2 Å². The highest BCUT2D eigenvalue weighted by atomic mass is 32.1. The maximum Gasteiger partial charge on any atom is 0.177 e. The van der Waals surface area contributed by atoms with Gasteiger partial charge in [0.2, 0.25) is 0 Å². The summed E-state index contributed by atoms with van der Waals surface area (Å²) in [5.41, 5.74) is 0. The van der Waals surface area contributed by atoms with E-state index >= 15 is 0 Å². The van der Waals surface area contributed by atoms with Crippen molar-refractivity contribution in [2.75, 3.05) is 0 Å². The molecule has 1 N–H and O–H groups in total. The second kappa shape index (κ2) is 3.44. The largest absolute Gasteiger partial charge is 0.337 e. The zero-order chi connectivity index (χ0) is 8.39. The summed E-state index contributed by atoms with van der Waals surface area (Å²) in [6.45, 7) is 0. The molecule has 0 radical (unpaired) electrons. The molecule has 0 spiro atoms. The second-order valence-electron chi connectivity index (χ2n) is 3.46. The lowest BCUT2D eigenvalue weighted by Crippen LogP contribution is -2.11. The van der Waals surface area contributed by atoms with E-state index in [1.807, 2.05) is 6.20 Å². The molecule has 2 rings (SSSR count). The normalized spacial score (nSPS) is 19.7. The Hall–Kier alpha value is -0.570. The molecule has 0 amide bonds. The van der Waals surface area contributed by atoms with Gasteiger partial charge in [-0.1, -0.05) is 19.3 Å². The molecular weight excluding hydrogens is 168 g/mol. The van der Waals surface area contributed by atoms with Gasteiger partial charge in [-0.2, -0.15) is 0 Å². The number of aromatic amines is 1. The molecule has 1 heterocycles. The fourth-order valence-corrected chi connectivity index (χ4v) is 2.26. The van der Waals surface area contributed by atoms with Crippen LogP contribution in [-0.2, 0) is 0 Å². The van der Waals surface area contributed by atoms with Crippen LogP contribution in [0, 0.1) is 4.77 Å². The molecule has 1 aromatic rings. The van der Waals surface area contributed by atoms with Crippen LogP contribution in [0.4, 0.5) is 0 Å². The molecule has 12 heavy (non-hydrogen) atoms. The van der Waals surface area contributed by atoms with Gasteiger partial charge < -0.3 is 9.55 Å². The van der Waals surface area contributed by atoms with Crippen molar-refractivity contribution in [3.63, 3.8) is 0 Å². The standard InChI is InChI=1S/C9H14N2S/c12-9-10-6-7-11(9)8-4-2-1-3-5-8/h6-8H,1-5H2,(H,10,12). The molecule has 1 saturated carbocycles. The minimum absolute atomic E-state index is 0.664. The summed E-state index contributed by atoms with van der Waals surface area (Å²) in [7, 11) is 0. The van der Waals surface area contributed by atoms with E-state index in [0.717, 1.165) is 4.77 Å². The van der Waals surface area contributed by atoms with Gasteiger partial charge in [-0.15, -0.1) is 0 Å². The van der Waals surface area contributed by atoms with E-state index in [0.29, 0.717) is 6.04 Å². The molecule has 0 aliphatic heterocycles. The average molecular weight is 182 g/mol. The first kappa shape index (κ1) is 8.05. The average Bonchev–Trinajstić information content (AvgIpc) is 2.53. The van der Waals surface area contributed by atoms with Gasteiger partial charge in [0.25, 0.3) is 0 Å².